The summed E-state index contributed by atoms with van der Waals surface area (Å²) in [5.74, 6) is 0.889. The molecular weight excluding hydrogens is 188 g/mol. The lowest BCUT2D eigenvalue weighted by Crippen LogP contribution is -1.95. The zero-order chi connectivity index (χ0) is 11.3. The number of ether oxygens (including phenoxy) is 1. The number of benzene rings is 1. The molecule has 80 valence electrons. The predicted octanol–water partition coefficient (Wildman–Crippen LogP) is 2.60. The van der Waals surface area contributed by atoms with Crippen LogP contribution in [0.3, 0.4) is 0 Å². The SMILES string of the molecule is C=N/N=C\c1cc(CC)cc(OC)c1C. The topological polar surface area (TPSA) is 34.0 Å². The van der Waals surface area contributed by atoms with Crippen LogP contribution in [-0.2, 0) is 6.42 Å². The van der Waals surface area contributed by atoms with Gasteiger partial charge in [-0.1, -0.05) is 6.92 Å². The van der Waals surface area contributed by atoms with Gasteiger partial charge in [-0.05, 0) is 36.6 Å². The van der Waals surface area contributed by atoms with Gasteiger partial charge in [0.25, 0.3) is 0 Å². The molecule has 0 atom stereocenters. The molecule has 1 rings (SSSR count). The second-order valence-electron chi connectivity index (χ2n) is 3.25. The third kappa shape index (κ3) is 2.65. The van der Waals surface area contributed by atoms with Gasteiger partial charge in [0.05, 0.1) is 13.3 Å². The first kappa shape index (κ1) is 11.4. The first-order valence-electron chi connectivity index (χ1n) is 4.89. The van der Waals surface area contributed by atoms with Crippen LogP contribution in [0.1, 0.15) is 23.6 Å². The Kier molecular flexibility index (Phi) is 4.03. The third-order valence-electron chi connectivity index (χ3n) is 2.37. The summed E-state index contributed by atoms with van der Waals surface area (Å²) in [6.45, 7) is 7.42. The first-order valence-corrected chi connectivity index (χ1v) is 4.89. The smallest absolute Gasteiger partial charge is 0.122 e. The maximum absolute atomic E-state index is 5.30. The molecule has 0 radical (unpaired) electrons. The van der Waals surface area contributed by atoms with Crippen molar-refractivity contribution in [1.82, 2.24) is 0 Å². The third-order valence-corrected chi connectivity index (χ3v) is 2.37. The summed E-state index contributed by atoms with van der Waals surface area (Å²) in [6.07, 6.45) is 2.67. The Morgan fingerprint density at radius 1 is 1.47 bits per heavy atom. The largest absolute Gasteiger partial charge is 0.496 e. The van der Waals surface area contributed by atoms with E-state index in [0.717, 1.165) is 23.3 Å². The van der Waals surface area contributed by atoms with E-state index in [-0.39, 0.29) is 0 Å². The molecule has 0 fully saturated rings. The predicted molar refractivity (Wildman–Crippen MR) is 64.3 cm³/mol. The van der Waals surface area contributed by atoms with Crippen molar-refractivity contribution in [3.63, 3.8) is 0 Å². The van der Waals surface area contributed by atoms with Crippen molar-refractivity contribution in [2.75, 3.05) is 7.11 Å². The number of hydrogen-bond acceptors (Lipinski definition) is 3. The second-order valence-corrected chi connectivity index (χ2v) is 3.25. The van der Waals surface area contributed by atoms with E-state index >= 15 is 0 Å². The van der Waals surface area contributed by atoms with E-state index in [1.807, 2.05) is 13.0 Å². The minimum absolute atomic E-state index is 0.889. The van der Waals surface area contributed by atoms with Crippen molar-refractivity contribution in [1.29, 1.82) is 0 Å². The van der Waals surface area contributed by atoms with Gasteiger partial charge in [0, 0.05) is 12.3 Å². The molecule has 3 heteroatoms. The lowest BCUT2D eigenvalue weighted by atomic mass is 10.0. The summed E-state index contributed by atoms with van der Waals surface area (Å²) in [6, 6.07) is 4.14. The number of nitrogens with zero attached hydrogens (tertiary/aromatic N) is 2. The molecule has 0 heterocycles. The molecule has 0 amide bonds. The van der Waals surface area contributed by atoms with Crippen molar-refractivity contribution in [3.05, 3.63) is 28.8 Å². The average molecular weight is 204 g/mol. The maximum atomic E-state index is 5.30. The summed E-state index contributed by atoms with van der Waals surface area (Å²) >= 11 is 0. The van der Waals surface area contributed by atoms with E-state index < -0.39 is 0 Å². The Bertz CT molecular complexity index is 383. The zero-order valence-corrected chi connectivity index (χ0v) is 9.45. The Morgan fingerprint density at radius 2 is 2.20 bits per heavy atom. The van der Waals surface area contributed by atoms with Crippen molar-refractivity contribution in [3.8, 4) is 5.75 Å². The number of aryl methyl sites for hydroxylation is 1. The van der Waals surface area contributed by atoms with E-state index in [0.29, 0.717) is 0 Å². The van der Waals surface area contributed by atoms with E-state index in [4.69, 9.17) is 4.74 Å². The summed E-state index contributed by atoms with van der Waals surface area (Å²) in [5, 5.41) is 7.25. The normalized spacial score (nSPS) is 10.6. The number of hydrogen-bond donors (Lipinski definition) is 0. The highest BCUT2D eigenvalue weighted by Crippen LogP contribution is 2.23. The standard InChI is InChI=1S/C12H16N2O/c1-5-10-6-11(8-14-13-3)9(2)12(7-10)15-4/h6-8H,3,5H2,1-2,4H3/b14-8-. The van der Waals surface area contributed by atoms with Crippen molar-refractivity contribution < 1.29 is 4.74 Å². The molecule has 0 unspecified atom stereocenters. The minimum Gasteiger partial charge on any atom is -0.496 e. The fourth-order valence-corrected chi connectivity index (χ4v) is 1.42. The van der Waals surface area contributed by atoms with Gasteiger partial charge in [-0.15, -0.1) is 0 Å². The lowest BCUT2D eigenvalue weighted by Gasteiger charge is -2.09. The molecule has 0 N–H and O–H groups in total. The van der Waals surface area contributed by atoms with Gasteiger partial charge in [-0.2, -0.15) is 10.2 Å². The molecule has 0 aliphatic heterocycles. The Labute approximate surface area is 90.5 Å². The first-order chi connectivity index (χ1) is 7.22. The average Bonchev–Trinajstić information content (AvgIpc) is 2.27. The molecule has 0 aliphatic rings. The Hall–Kier alpha value is -1.64. The minimum atomic E-state index is 0.889. The van der Waals surface area contributed by atoms with Crippen LogP contribution in [0.2, 0.25) is 0 Å². The Balaban J connectivity index is 3.23. The summed E-state index contributed by atoms with van der Waals surface area (Å²) in [7, 11) is 1.68. The molecule has 3 nitrogen and oxygen atoms in total. The summed E-state index contributed by atoms with van der Waals surface area (Å²) in [5.41, 5.74) is 3.32. The molecule has 0 saturated heterocycles. The van der Waals surface area contributed by atoms with Gasteiger partial charge in [0.15, 0.2) is 0 Å². The highest BCUT2D eigenvalue weighted by Gasteiger charge is 2.05. The molecular formula is C12H16N2O. The fourth-order valence-electron chi connectivity index (χ4n) is 1.42. The quantitative estimate of drug-likeness (QED) is 0.548. The molecule has 1 aromatic carbocycles. The second kappa shape index (κ2) is 5.29. The molecule has 0 saturated carbocycles. The number of rotatable bonds is 4. The van der Waals surface area contributed by atoms with Crippen molar-refractivity contribution in [2.24, 2.45) is 10.2 Å². The molecule has 0 aromatic heterocycles. The monoisotopic (exact) mass is 204 g/mol. The van der Waals surface area contributed by atoms with Crippen LogP contribution >= 0.6 is 0 Å². The van der Waals surface area contributed by atoms with Crippen LogP contribution in [0.15, 0.2) is 22.3 Å². The van der Waals surface area contributed by atoms with Crippen LogP contribution in [0.4, 0.5) is 0 Å². The highest BCUT2D eigenvalue weighted by atomic mass is 16.5. The van der Waals surface area contributed by atoms with Crippen LogP contribution in [0.25, 0.3) is 0 Å². The van der Waals surface area contributed by atoms with E-state index in [2.05, 4.69) is 29.9 Å². The van der Waals surface area contributed by atoms with Gasteiger partial charge in [-0.25, -0.2) is 0 Å². The van der Waals surface area contributed by atoms with Crippen molar-refractivity contribution in [2.45, 2.75) is 20.3 Å². The summed E-state index contributed by atoms with van der Waals surface area (Å²) in [4.78, 5) is 0. The Morgan fingerprint density at radius 3 is 2.73 bits per heavy atom. The van der Waals surface area contributed by atoms with Crippen LogP contribution in [-0.4, -0.2) is 20.0 Å². The fraction of sp³-hybridized carbons (Fsp3) is 0.333. The van der Waals surface area contributed by atoms with Gasteiger partial charge in [0.2, 0.25) is 0 Å². The number of methoxy groups -OCH3 is 1. The van der Waals surface area contributed by atoms with Crippen LogP contribution < -0.4 is 4.74 Å². The van der Waals surface area contributed by atoms with Crippen LogP contribution in [0.5, 0.6) is 5.75 Å². The maximum Gasteiger partial charge on any atom is 0.122 e. The highest BCUT2D eigenvalue weighted by molar-refractivity contribution is 5.83. The molecule has 15 heavy (non-hydrogen) atoms. The molecule has 1 aromatic rings. The molecule has 0 spiro atoms. The zero-order valence-electron chi connectivity index (χ0n) is 9.45. The van der Waals surface area contributed by atoms with E-state index in [1.165, 1.54) is 5.56 Å². The van der Waals surface area contributed by atoms with Gasteiger partial charge in [-0.3, -0.25) is 0 Å². The molecule has 0 bridgehead atoms. The van der Waals surface area contributed by atoms with Crippen LogP contribution in [0, 0.1) is 6.92 Å². The molecule has 0 aliphatic carbocycles. The van der Waals surface area contributed by atoms with Gasteiger partial charge >= 0.3 is 0 Å². The van der Waals surface area contributed by atoms with Gasteiger partial charge in [0.1, 0.15) is 5.75 Å². The lowest BCUT2D eigenvalue weighted by molar-refractivity contribution is 0.411. The van der Waals surface area contributed by atoms with Gasteiger partial charge < -0.3 is 4.74 Å². The van der Waals surface area contributed by atoms with E-state index in [9.17, 15) is 0 Å². The van der Waals surface area contributed by atoms with Crippen molar-refractivity contribution >= 4 is 12.9 Å². The summed E-state index contributed by atoms with van der Waals surface area (Å²) < 4.78 is 5.30. The van der Waals surface area contributed by atoms with E-state index in [1.54, 1.807) is 13.3 Å².